The van der Waals surface area contributed by atoms with Crippen molar-refractivity contribution in [1.29, 1.82) is 0 Å². The highest BCUT2D eigenvalue weighted by atomic mass is 32.2. The molecule has 0 aliphatic rings. The number of amides is 5. The summed E-state index contributed by atoms with van der Waals surface area (Å²) in [6.07, 6.45) is -0.133. The number of hydrogen-bond donors (Lipinski definition) is 5. The molecule has 0 bridgehead atoms. The number of carbonyl (C=O) groups is 6. The zero-order chi connectivity index (χ0) is 46.9. The second-order valence-electron chi connectivity index (χ2n) is 16.2. The number of hydrogen-bond acceptors (Lipinski definition) is 11. The van der Waals surface area contributed by atoms with Gasteiger partial charge < -0.3 is 40.6 Å². The molecule has 0 aliphatic heterocycles. The van der Waals surface area contributed by atoms with Crippen LogP contribution in [0.25, 0.3) is 6.08 Å². The van der Waals surface area contributed by atoms with E-state index in [1.807, 2.05) is 91.0 Å². The van der Waals surface area contributed by atoms with Gasteiger partial charge in [0.15, 0.2) is 0 Å². The lowest BCUT2D eigenvalue weighted by Gasteiger charge is -2.36. The van der Waals surface area contributed by atoms with E-state index in [0.29, 0.717) is 5.56 Å². The van der Waals surface area contributed by atoms with Crippen LogP contribution < -0.4 is 31.7 Å². The Morgan fingerprint density at radius 3 is 1.64 bits per heavy atom. The molecule has 4 aromatic carbocycles. The lowest BCUT2D eigenvalue weighted by atomic mass is 9.84. The van der Waals surface area contributed by atoms with E-state index in [4.69, 9.17) is 24.7 Å². The number of ether oxygens (including phenoxy) is 4. The topological polar surface area (TPSA) is 213 Å². The maximum atomic E-state index is 14.0. The van der Waals surface area contributed by atoms with E-state index in [-0.39, 0.29) is 23.8 Å². The van der Waals surface area contributed by atoms with Crippen LogP contribution in [-0.4, -0.2) is 78.3 Å². The standard InChI is InChI=1S/C48H55N5O10S/c1-8-28-60-42(56)37(52-45(59)63-47(5,6)7)29-32-24-26-36(27-25-32)61-44(58)53-38(30-50-43(57)62-46(2,3)4)41(55)51-39(40(49)54)31-64-48(33-18-12-9-13-19-33,34-20-14-10-15-21-34)35-22-16-11-17-23-35/h8-27,29,38-39H,1,28,30-31H2,2-7H3,(H2,49,54)(H,50,57)(H,51,55)(H,52,59)(H,53,58)/b37-29+/t38-,39-/m0/s1. The number of primary amides is 1. The van der Waals surface area contributed by atoms with Crippen LogP contribution in [0.5, 0.6) is 5.75 Å². The Labute approximate surface area is 377 Å². The summed E-state index contributed by atoms with van der Waals surface area (Å²) in [6, 6.07) is 32.3. The van der Waals surface area contributed by atoms with Gasteiger partial charge in [-0.2, -0.15) is 0 Å². The highest BCUT2D eigenvalue weighted by Crippen LogP contribution is 2.48. The number of alkyl carbamates (subject to hydrolysis) is 2. The SMILES string of the molecule is C=CCOC(=O)/C(=C\c1ccc(OC(=O)N[C@@H](CNC(=O)OC(C)(C)C)C(=O)N[C@@H](CSC(c2ccccc2)(c2ccccc2)c2ccccc2)C(N)=O)cc1)NC(=O)OC(C)(C)C. The van der Waals surface area contributed by atoms with Crippen molar-refractivity contribution < 1.29 is 47.7 Å². The van der Waals surface area contributed by atoms with Crippen molar-refractivity contribution in [2.75, 3.05) is 18.9 Å². The number of esters is 1. The van der Waals surface area contributed by atoms with Gasteiger partial charge in [-0.25, -0.2) is 19.2 Å². The van der Waals surface area contributed by atoms with Gasteiger partial charge in [0.1, 0.15) is 41.3 Å². The van der Waals surface area contributed by atoms with Gasteiger partial charge in [0, 0.05) is 5.75 Å². The van der Waals surface area contributed by atoms with Crippen molar-refractivity contribution in [3.05, 3.63) is 156 Å². The van der Waals surface area contributed by atoms with Gasteiger partial charge in [-0.1, -0.05) is 116 Å². The Hall–Kier alpha value is -7.07. The number of rotatable bonds is 18. The molecule has 64 heavy (non-hydrogen) atoms. The normalized spacial score (nSPS) is 12.6. The average molecular weight is 894 g/mol. The van der Waals surface area contributed by atoms with Crippen LogP contribution in [0, 0.1) is 0 Å². The molecule has 15 nitrogen and oxygen atoms in total. The summed E-state index contributed by atoms with van der Waals surface area (Å²) in [5, 5.41) is 10.00. The van der Waals surface area contributed by atoms with Crippen LogP contribution in [0.1, 0.15) is 63.8 Å². The van der Waals surface area contributed by atoms with E-state index in [9.17, 15) is 28.8 Å². The van der Waals surface area contributed by atoms with E-state index in [2.05, 4.69) is 27.8 Å². The van der Waals surface area contributed by atoms with E-state index in [1.165, 1.54) is 48.2 Å². The van der Waals surface area contributed by atoms with E-state index in [1.54, 1.807) is 41.5 Å². The number of nitrogens with two attached hydrogens (primary N) is 1. The summed E-state index contributed by atoms with van der Waals surface area (Å²) >= 11 is 1.40. The molecule has 0 aromatic heterocycles. The predicted molar refractivity (Wildman–Crippen MR) is 245 cm³/mol. The summed E-state index contributed by atoms with van der Waals surface area (Å²) in [5.74, 6) is -2.52. The largest absolute Gasteiger partial charge is 0.457 e. The molecule has 0 radical (unpaired) electrons. The molecule has 5 amide bonds. The first-order chi connectivity index (χ1) is 30.3. The smallest absolute Gasteiger partial charge is 0.413 e. The van der Waals surface area contributed by atoms with Crippen LogP contribution in [0.4, 0.5) is 14.4 Å². The van der Waals surface area contributed by atoms with Crippen LogP contribution >= 0.6 is 11.8 Å². The predicted octanol–water partition coefficient (Wildman–Crippen LogP) is 6.96. The molecule has 2 atom stereocenters. The van der Waals surface area contributed by atoms with Gasteiger partial charge in [-0.3, -0.25) is 14.9 Å². The van der Waals surface area contributed by atoms with Crippen LogP contribution in [-0.2, 0) is 33.3 Å². The maximum Gasteiger partial charge on any atom is 0.413 e. The number of benzene rings is 4. The van der Waals surface area contributed by atoms with Crippen LogP contribution in [0.2, 0.25) is 0 Å². The fraction of sp³-hybridized carbons (Fsp3) is 0.292. The van der Waals surface area contributed by atoms with Crippen LogP contribution in [0.15, 0.2) is 134 Å². The molecule has 4 rings (SSSR count). The fourth-order valence-electron chi connectivity index (χ4n) is 6.00. The number of thioether (sulfide) groups is 1. The Kier molecular flexibility index (Phi) is 17.7. The summed E-state index contributed by atoms with van der Waals surface area (Å²) in [6.45, 7) is 12.9. The molecule has 0 saturated carbocycles. The molecular formula is C48H55N5O10S. The highest BCUT2D eigenvalue weighted by molar-refractivity contribution is 8.00. The molecule has 6 N–H and O–H groups in total. The van der Waals surface area contributed by atoms with Crippen molar-refractivity contribution in [2.45, 2.75) is 69.6 Å². The Morgan fingerprint density at radius 2 is 1.17 bits per heavy atom. The molecule has 338 valence electrons. The summed E-state index contributed by atoms with van der Waals surface area (Å²) in [5.41, 5.74) is 7.15. The molecule has 0 aliphatic carbocycles. The lowest BCUT2D eigenvalue weighted by molar-refractivity contribution is -0.138. The number of carbonyl (C=O) groups excluding carboxylic acids is 6. The Bertz CT molecular complexity index is 2160. The molecule has 0 unspecified atom stereocenters. The van der Waals surface area contributed by atoms with Crippen LogP contribution in [0.3, 0.4) is 0 Å². The average Bonchev–Trinajstić information content (AvgIpc) is 3.24. The fourth-order valence-corrected chi connectivity index (χ4v) is 7.58. The zero-order valence-corrected chi connectivity index (χ0v) is 37.5. The van der Waals surface area contributed by atoms with Gasteiger partial charge in [0.05, 0.1) is 11.3 Å². The maximum absolute atomic E-state index is 14.0. The first-order valence-corrected chi connectivity index (χ1v) is 21.2. The van der Waals surface area contributed by atoms with Gasteiger partial charge in [0.25, 0.3) is 0 Å². The second-order valence-corrected chi connectivity index (χ2v) is 17.4. The van der Waals surface area contributed by atoms with Gasteiger partial charge in [-0.15, -0.1) is 11.8 Å². The minimum absolute atomic E-state index is 0.00179. The molecule has 4 aromatic rings. The third kappa shape index (κ3) is 15.4. The van der Waals surface area contributed by atoms with Crippen molar-refractivity contribution >= 4 is 53.9 Å². The lowest BCUT2D eigenvalue weighted by Crippen LogP contribution is -2.57. The van der Waals surface area contributed by atoms with Gasteiger partial charge >= 0.3 is 24.2 Å². The molecule has 0 fully saturated rings. The second kappa shape index (κ2) is 22.9. The van der Waals surface area contributed by atoms with Crippen molar-refractivity contribution in [2.24, 2.45) is 5.73 Å². The number of nitrogens with one attached hydrogen (secondary N) is 4. The molecule has 0 heterocycles. The van der Waals surface area contributed by atoms with Crippen molar-refractivity contribution in [3.8, 4) is 5.75 Å². The van der Waals surface area contributed by atoms with E-state index in [0.717, 1.165) is 16.7 Å². The van der Waals surface area contributed by atoms with Gasteiger partial charge in [0.2, 0.25) is 11.8 Å². The molecule has 16 heteroatoms. The molecule has 0 saturated heterocycles. The Balaban J connectivity index is 1.56. The quantitative estimate of drug-likeness (QED) is 0.0226. The first-order valence-electron chi connectivity index (χ1n) is 20.2. The summed E-state index contributed by atoms with van der Waals surface area (Å²) < 4.78 is 20.3. The van der Waals surface area contributed by atoms with Gasteiger partial charge in [-0.05, 0) is 82.0 Å². The monoisotopic (exact) mass is 893 g/mol. The minimum Gasteiger partial charge on any atom is -0.457 e. The molecule has 0 spiro atoms. The molecular weight excluding hydrogens is 839 g/mol. The zero-order valence-electron chi connectivity index (χ0n) is 36.7. The first kappa shape index (κ1) is 49.6. The van der Waals surface area contributed by atoms with Crippen molar-refractivity contribution in [1.82, 2.24) is 21.3 Å². The summed E-state index contributed by atoms with van der Waals surface area (Å²) in [7, 11) is 0. The summed E-state index contributed by atoms with van der Waals surface area (Å²) in [4.78, 5) is 78.3. The Morgan fingerprint density at radius 1 is 0.672 bits per heavy atom. The van der Waals surface area contributed by atoms with Crippen molar-refractivity contribution in [3.63, 3.8) is 0 Å². The third-order valence-electron chi connectivity index (χ3n) is 8.71. The minimum atomic E-state index is -1.49. The highest BCUT2D eigenvalue weighted by Gasteiger charge is 2.39. The van der Waals surface area contributed by atoms with E-state index < -0.39 is 70.6 Å². The third-order valence-corrected chi connectivity index (χ3v) is 10.4. The van der Waals surface area contributed by atoms with E-state index >= 15 is 0 Å².